The normalized spacial score (nSPS) is 12.0. The van der Waals surface area contributed by atoms with Crippen molar-refractivity contribution in [3.8, 4) is 23.0 Å². The van der Waals surface area contributed by atoms with Gasteiger partial charge in [0.2, 0.25) is 0 Å². The molecule has 0 aliphatic carbocycles. The molecule has 0 spiro atoms. The smallest absolute Gasteiger partial charge is 0.434 e. The summed E-state index contributed by atoms with van der Waals surface area (Å²) in [5, 5.41) is 31.6. The van der Waals surface area contributed by atoms with Crippen LogP contribution >= 0.6 is 23.2 Å². The number of fused-ring (bicyclic) bond motifs is 2. The number of hydrogen-bond donors (Lipinski definition) is 3. The molecule has 8 aromatic heterocycles. The van der Waals surface area contributed by atoms with Gasteiger partial charge in [0, 0.05) is 21.5 Å². The maximum atomic E-state index is 14.7. The highest BCUT2D eigenvalue weighted by Crippen LogP contribution is 2.40. The lowest BCUT2D eigenvalue weighted by molar-refractivity contribution is -0.143. The molecule has 0 saturated heterocycles. The number of pyridine rings is 4. The van der Waals surface area contributed by atoms with E-state index in [1.807, 2.05) is 0 Å². The minimum Gasteiger partial charge on any atom is -0.444 e. The number of aromatic nitrogens is 14. The number of nitrogens with one attached hydrogen (secondary N) is 3. The van der Waals surface area contributed by atoms with Crippen molar-refractivity contribution < 1.29 is 64.5 Å². The summed E-state index contributed by atoms with van der Waals surface area (Å²) in [6.07, 6.45) is -1.45. The van der Waals surface area contributed by atoms with Gasteiger partial charge < -0.3 is 24.8 Å². The van der Waals surface area contributed by atoms with Crippen LogP contribution in [-0.4, -0.2) is 116 Å². The maximum Gasteiger partial charge on any atom is 0.434 e. The van der Waals surface area contributed by atoms with Crippen molar-refractivity contribution in [1.29, 1.82) is 0 Å². The van der Waals surface area contributed by atoms with Crippen LogP contribution < -0.4 is 20.9 Å². The summed E-state index contributed by atoms with van der Waals surface area (Å²) in [7, 11) is 0. The van der Waals surface area contributed by atoms with Crippen molar-refractivity contribution in [1.82, 2.24) is 69.5 Å². The van der Waals surface area contributed by atoms with Crippen LogP contribution in [0.1, 0.15) is 94.4 Å². The lowest BCUT2D eigenvalue weighted by Gasteiger charge is -2.28. The zero-order chi connectivity index (χ0) is 66.1. The SMILES string of the molecule is CC(C)(C)OC(=O)N(C(=O)OC(C)(C)C)c1ncc(-n2ncc(C(=O)Nc3cnc(-n4nccn4)c(Cl)c3)c2C(F)(F)F)c2ccccc12.CC(C)(C)OC(=O)Nc1ncc(-n2ncc(C(=O)Nc3cnc(-n4nccn4)c(Cl)c3)c2C(F)(F)F)c2ccccc12. The second kappa shape index (κ2) is 25.1. The van der Waals surface area contributed by atoms with Crippen LogP contribution in [0, 0.1) is 0 Å². The van der Waals surface area contributed by atoms with Gasteiger partial charge in [-0.2, -0.15) is 61.8 Å². The molecular formula is C57H50Cl2F6N18O8. The Labute approximate surface area is 520 Å². The van der Waals surface area contributed by atoms with Crippen LogP contribution in [0.15, 0.2) is 123 Å². The average Bonchev–Trinajstić information content (AvgIpc) is 1.74. The molecule has 5 amide bonds. The van der Waals surface area contributed by atoms with E-state index in [2.05, 4.69) is 66.5 Å². The number of anilines is 4. The van der Waals surface area contributed by atoms with Crippen molar-refractivity contribution >= 4 is 97.9 Å². The van der Waals surface area contributed by atoms with E-state index in [-0.39, 0.29) is 72.2 Å². The number of alkyl halides is 6. The maximum absolute atomic E-state index is 14.7. The summed E-state index contributed by atoms with van der Waals surface area (Å²) in [5.74, 6) is -2.16. The largest absolute Gasteiger partial charge is 0.444 e. The molecule has 0 saturated carbocycles. The van der Waals surface area contributed by atoms with Crippen LogP contribution in [-0.2, 0) is 26.6 Å². The number of hydrogen-bond acceptors (Lipinski definition) is 18. The van der Waals surface area contributed by atoms with E-state index in [4.69, 9.17) is 37.4 Å². The standard InChI is InChI=1S/C31H29ClF3N9O5.C26H21ClF3N9O3/c1-29(2,3)48-27(46)42(28(47)49-30(4,5)6)24-19-10-8-7-9-18(19)22(16-37-24)43-23(31(33,34)35)20(15-40-43)26(45)41-17-13-21(32)25(36-14-17)44-38-11-12-39-44;1-25(2,3)42-24(41)37-21-16-7-5-4-6-15(16)19(13-31-21)38-20(26(28,29)30)17(12-35-38)23(40)36-14-10-18(27)22(32-11-14)39-33-8-9-34-39/h7-16H,1-6H3,(H,41,45);4-13H,1-3H3,(H,36,40)(H,31,37,41). The first-order valence-corrected chi connectivity index (χ1v) is 27.4. The number of rotatable bonds is 10. The molecule has 10 aromatic rings. The Balaban J connectivity index is 0.000000218. The third kappa shape index (κ3) is 14.9. The molecule has 3 N–H and O–H groups in total. The Bertz CT molecular complexity index is 4380. The summed E-state index contributed by atoms with van der Waals surface area (Å²) in [5.41, 5.74) is -7.42. The molecule has 34 heteroatoms. The zero-order valence-corrected chi connectivity index (χ0v) is 50.6. The Morgan fingerprint density at radius 1 is 0.473 bits per heavy atom. The van der Waals surface area contributed by atoms with E-state index >= 15 is 0 Å². The Kier molecular flexibility index (Phi) is 17.9. The number of carbonyl (C=O) groups is 5. The molecule has 26 nitrogen and oxygen atoms in total. The van der Waals surface area contributed by atoms with E-state index in [0.717, 1.165) is 34.4 Å². The number of benzene rings is 2. The average molecular weight is 1300 g/mol. The molecule has 0 atom stereocenters. The Morgan fingerprint density at radius 2 is 0.857 bits per heavy atom. The van der Waals surface area contributed by atoms with Crippen molar-refractivity contribution in [2.75, 3.05) is 20.9 Å². The number of nitrogens with zero attached hydrogens (tertiary/aromatic N) is 15. The molecule has 91 heavy (non-hydrogen) atoms. The van der Waals surface area contributed by atoms with E-state index in [0.29, 0.717) is 19.6 Å². The third-order valence-corrected chi connectivity index (χ3v) is 12.5. The van der Waals surface area contributed by atoms with Gasteiger partial charge in [0.25, 0.3) is 11.8 Å². The number of halogens is 8. The number of imide groups is 1. The van der Waals surface area contributed by atoms with Gasteiger partial charge in [-0.3, -0.25) is 14.9 Å². The van der Waals surface area contributed by atoms with E-state index < -0.39 is 81.8 Å². The summed E-state index contributed by atoms with van der Waals surface area (Å²) < 4.78 is 105. The second-order valence-electron chi connectivity index (χ2n) is 22.2. The van der Waals surface area contributed by atoms with Crippen molar-refractivity contribution in [2.45, 2.75) is 91.5 Å². The number of amides is 5. The fourth-order valence-electron chi connectivity index (χ4n) is 8.50. The van der Waals surface area contributed by atoms with Crippen LogP contribution in [0.25, 0.3) is 44.6 Å². The van der Waals surface area contributed by atoms with Gasteiger partial charge in [0.05, 0.1) is 106 Å². The predicted molar refractivity (Wildman–Crippen MR) is 317 cm³/mol. The highest BCUT2D eigenvalue weighted by atomic mass is 35.5. The molecule has 8 heterocycles. The molecule has 0 bridgehead atoms. The molecule has 0 radical (unpaired) electrons. The topological polar surface area (TPSA) is 301 Å². The zero-order valence-electron chi connectivity index (χ0n) is 49.0. The van der Waals surface area contributed by atoms with Crippen LogP contribution in [0.2, 0.25) is 10.0 Å². The first kappa shape index (κ1) is 64.8. The molecule has 0 aliphatic rings. The summed E-state index contributed by atoms with van der Waals surface area (Å²) >= 11 is 12.5. The monoisotopic (exact) mass is 1300 g/mol. The van der Waals surface area contributed by atoms with Gasteiger partial charge in [-0.25, -0.2) is 43.7 Å². The summed E-state index contributed by atoms with van der Waals surface area (Å²) in [4.78, 5) is 84.7. The minimum absolute atomic E-state index is 0.00683. The molecular weight excluding hydrogens is 1250 g/mol. The van der Waals surface area contributed by atoms with Crippen molar-refractivity contribution in [2.24, 2.45) is 0 Å². The van der Waals surface area contributed by atoms with Gasteiger partial charge in [-0.1, -0.05) is 71.7 Å². The number of carbonyl (C=O) groups excluding carboxylic acids is 5. The number of ether oxygens (including phenoxy) is 3. The van der Waals surface area contributed by atoms with E-state index in [1.165, 1.54) is 73.6 Å². The van der Waals surface area contributed by atoms with Crippen molar-refractivity contribution in [3.63, 3.8) is 0 Å². The first-order valence-electron chi connectivity index (χ1n) is 26.7. The first-order chi connectivity index (χ1) is 42.7. The minimum atomic E-state index is -5.09. The quantitative estimate of drug-likeness (QED) is 0.0846. The Morgan fingerprint density at radius 3 is 1.25 bits per heavy atom. The molecule has 0 unspecified atom stereocenters. The summed E-state index contributed by atoms with van der Waals surface area (Å²) in [6.45, 7) is 14.6. The van der Waals surface area contributed by atoms with E-state index in [9.17, 15) is 50.3 Å². The van der Waals surface area contributed by atoms with Crippen LogP contribution in [0.4, 0.5) is 63.7 Å². The molecule has 0 aliphatic heterocycles. The van der Waals surface area contributed by atoms with Crippen molar-refractivity contribution in [3.05, 3.63) is 155 Å². The lowest BCUT2D eigenvalue weighted by Crippen LogP contribution is -2.44. The highest BCUT2D eigenvalue weighted by molar-refractivity contribution is 6.33. The molecule has 472 valence electrons. The highest BCUT2D eigenvalue weighted by Gasteiger charge is 2.43. The fraction of sp³-hybridized carbons (Fsp3) is 0.246. The summed E-state index contributed by atoms with van der Waals surface area (Å²) in [6, 6.07) is 14.9. The molecule has 10 rings (SSSR count). The molecule has 2 aromatic carbocycles. The Hall–Kier alpha value is -10.6. The fourth-order valence-corrected chi connectivity index (χ4v) is 8.98. The van der Waals surface area contributed by atoms with Gasteiger partial charge >= 0.3 is 30.6 Å². The van der Waals surface area contributed by atoms with E-state index in [1.54, 1.807) is 86.6 Å². The van der Waals surface area contributed by atoms with Gasteiger partial charge in [-0.05, 0) is 74.4 Å². The molecule has 0 fully saturated rings. The van der Waals surface area contributed by atoms with Gasteiger partial charge in [0.1, 0.15) is 22.6 Å². The van der Waals surface area contributed by atoms with Crippen LogP contribution in [0.5, 0.6) is 0 Å². The van der Waals surface area contributed by atoms with Gasteiger partial charge in [-0.15, -0.1) is 9.59 Å². The third-order valence-electron chi connectivity index (χ3n) is 11.9. The lowest BCUT2D eigenvalue weighted by atomic mass is 10.1. The van der Waals surface area contributed by atoms with Gasteiger partial charge in [0.15, 0.2) is 28.8 Å². The predicted octanol–water partition coefficient (Wildman–Crippen LogP) is 12.7. The second-order valence-corrected chi connectivity index (χ2v) is 23.0. The van der Waals surface area contributed by atoms with Crippen LogP contribution in [0.3, 0.4) is 0 Å².